The summed E-state index contributed by atoms with van der Waals surface area (Å²) in [7, 11) is 0. The van der Waals surface area contributed by atoms with Gasteiger partial charge in [0.25, 0.3) is 0 Å². The van der Waals surface area contributed by atoms with Crippen molar-refractivity contribution in [3.05, 3.63) is 34.3 Å². The van der Waals surface area contributed by atoms with Gasteiger partial charge < -0.3 is 0 Å². The van der Waals surface area contributed by atoms with Gasteiger partial charge in [0.2, 0.25) is 6.08 Å². The maximum Gasteiger partial charge on any atom is 0.235 e. The Morgan fingerprint density at radius 2 is 2.06 bits per heavy atom. The molecule has 1 fully saturated rings. The van der Waals surface area contributed by atoms with Crippen LogP contribution in [0.5, 0.6) is 0 Å². The Hall–Kier alpha value is -0.920. The number of aliphatic imine (C=N–C) groups is 1. The van der Waals surface area contributed by atoms with Crippen molar-refractivity contribution in [2.45, 2.75) is 32.2 Å². The Morgan fingerprint density at radius 1 is 1.38 bits per heavy atom. The number of carbonyl (C=O) groups excluding carboxylic acids is 1. The summed E-state index contributed by atoms with van der Waals surface area (Å²) in [4.78, 5) is 14.6. The number of isocyanates is 1. The van der Waals surface area contributed by atoms with Gasteiger partial charge in [-0.25, -0.2) is 4.79 Å². The maximum absolute atomic E-state index is 10.6. The van der Waals surface area contributed by atoms with Crippen molar-refractivity contribution in [1.82, 2.24) is 0 Å². The largest absolute Gasteiger partial charge is 0.235 e. The number of rotatable bonds is 2. The van der Waals surface area contributed by atoms with Crippen LogP contribution in [0.25, 0.3) is 0 Å². The summed E-state index contributed by atoms with van der Waals surface area (Å²) in [6.07, 6.45) is 3.54. The lowest BCUT2D eigenvalue weighted by molar-refractivity contribution is 0.0638. The van der Waals surface area contributed by atoms with E-state index in [9.17, 15) is 4.79 Å². The highest BCUT2D eigenvalue weighted by Crippen LogP contribution is 2.56. The van der Waals surface area contributed by atoms with Crippen LogP contribution in [0.4, 0.5) is 0 Å². The van der Waals surface area contributed by atoms with Crippen molar-refractivity contribution in [3.63, 3.8) is 0 Å². The molecule has 1 saturated carbocycles. The first kappa shape index (κ1) is 11.6. The van der Waals surface area contributed by atoms with Crippen LogP contribution in [-0.2, 0) is 10.3 Å². The SMILES string of the molecule is CC1(C)CC(N=C=O)(c2cccc(Br)c2)C1. The second kappa shape index (κ2) is 3.83. The second-order valence-corrected chi connectivity index (χ2v) is 6.18. The lowest BCUT2D eigenvalue weighted by Gasteiger charge is -2.50. The van der Waals surface area contributed by atoms with E-state index in [4.69, 9.17) is 0 Å². The molecule has 1 aliphatic carbocycles. The molecule has 0 saturated heterocycles. The third kappa shape index (κ3) is 1.98. The average Bonchev–Trinajstić information content (AvgIpc) is 2.15. The number of nitrogens with zero attached hydrogens (tertiary/aromatic N) is 1. The molecule has 1 aliphatic rings. The van der Waals surface area contributed by atoms with Crippen LogP contribution in [0.3, 0.4) is 0 Å². The van der Waals surface area contributed by atoms with Gasteiger partial charge in [-0.05, 0) is 36.0 Å². The zero-order valence-corrected chi connectivity index (χ0v) is 11.0. The normalized spacial score (nSPS) is 20.7. The molecule has 3 heteroatoms. The summed E-state index contributed by atoms with van der Waals surface area (Å²) in [6.45, 7) is 4.40. The van der Waals surface area contributed by atoms with E-state index >= 15 is 0 Å². The van der Waals surface area contributed by atoms with E-state index in [-0.39, 0.29) is 11.0 Å². The fourth-order valence-electron chi connectivity index (χ4n) is 2.74. The minimum Gasteiger partial charge on any atom is -0.211 e. The summed E-state index contributed by atoms with van der Waals surface area (Å²) >= 11 is 3.45. The molecule has 2 rings (SSSR count). The van der Waals surface area contributed by atoms with Crippen LogP contribution >= 0.6 is 15.9 Å². The highest BCUT2D eigenvalue weighted by molar-refractivity contribution is 9.10. The summed E-state index contributed by atoms with van der Waals surface area (Å²) in [5.74, 6) is 0. The Labute approximate surface area is 104 Å². The van der Waals surface area contributed by atoms with E-state index in [1.165, 1.54) is 0 Å². The zero-order chi connectivity index (χ0) is 11.8. The predicted molar refractivity (Wildman–Crippen MR) is 67.0 cm³/mol. The Bertz CT molecular complexity index is 453. The van der Waals surface area contributed by atoms with Crippen molar-refractivity contribution in [2.24, 2.45) is 10.4 Å². The molecule has 0 radical (unpaired) electrons. The summed E-state index contributed by atoms with van der Waals surface area (Å²) in [6, 6.07) is 8.02. The molecule has 84 valence electrons. The van der Waals surface area contributed by atoms with E-state index in [0.717, 1.165) is 22.9 Å². The van der Waals surface area contributed by atoms with Gasteiger partial charge in [-0.2, -0.15) is 4.99 Å². The van der Waals surface area contributed by atoms with Crippen molar-refractivity contribution in [2.75, 3.05) is 0 Å². The molecule has 1 aromatic carbocycles. The number of hydrogen-bond acceptors (Lipinski definition) is 2. The minimum absolute atomic E-state index is 0.267. The molecule has 1 aromatic rings. The summed E-state index contributed by atoms with van der Waals surface area (Å²) in [5, 5.41) is 0. The molecule has 0 aromatic heterocycles. The standard InChI is InChI=1S/C13H14BrNO/c1-12(2)7-13(8-12,15-9-16)10-4-3-5-11(14)6-10/h3-6H,7-8H2,1-2H3. The second-order valence-electron chi connectivity index (χ2n) is 5.26. The molecular weight excluding hydrogens is 266 g/mol. The monoisotopic (exact) mass is 279 g/mol. The van der Waals surface area contributed by atoms with Crippen LogP contribution < -0.4 is 0 Å². The quantitative estimate of drug-likeness (QED) is 0.598. The molecule has 0 heterocycles. The first-order chi connectivity index (χ1) is 7.47. The van der Waals surface area contributed by atoms with Gasteiger partial charge in [0.1, 0.15) is 0 Å². The van der Waals surface area contributed by atoms with Crippen molar-refractivity contribution >= 4 is 22.0 Å². The van der Waals surface area contributed by atoms with Gasteiger partial charge in [0.05, 0.1) is 5.54 Å². The molecule has 2 nitrogen and oxygen atoms in total. The van der Waals surface area contributed by atoms with E-state index < -0.39 is 0 Å². The Morgan fingerprint density at radius 3 is 2.56 bits per heavy atom. The minimum atomic E-state index is -0.338. The van der Waals surface area contributed by atoms with Crippen LogP contribution in [0.1, 0.15) is 32.3 Å². The number of benzene rings is 1. The smallest absolute Gasteiger partial charge is 0.211 e. The lowest BCUT2D eigenvalue weighted by atomic mass is 9.57. The van der Waals surface area contributed by atoms with Crippen LogP contribution in [0.15, 0.2) is 33.7 Å². The van der Waals surface area contributed by atoms with E-state index in [2.05, 4.69) is 34.8 Å². The van der Waals surface area contributed by atoms with Gasteiger partial charge in [-0.1, -0.05) is 41.9 Å². The number of hydrogen-bond donors (Lipinski definition) is 0. The highest BCUT2D eigenvalue weighted by atomic mass is 79.9. The van der Waals surface area contributed by atoms with Gasteiger partial charge in [0.15, 0.2) is 0 Å². The maximum atomic E-state index is 10.6. The van der Waals surface area contributed by atoms with Gasteiger partial charge >= 0.3 is 0 Å². The predicted octanol–water partition coefficient (Wildman–Crippen LogP) is 3.80. The fourth-order valence-corrected chi connectivity index (χ4v) is 3.14. The van der Waals surface area contributed by atoms with Crippen LogP contribution in [-0.4, -0.2) is 6.08 Å². The average molecular weight is 280 g/mol. The molecule has 0 amide bonds. The van der Waals surface area contributed by atoms with E-state index in [1.807, 2.05) is 24.3 Å². The third-order valence-corrected chi connectivity index (χ3v) is 3.66. The molecule has 0 N–H and O–H groups in total. The topological polar surface area (TPSA) is 29.4 Å². The fraction of sp³-hybridized carbons (Fsp3) is 0.462. The Balaban J connectivity index is 2.39. The Kier molecular flexibility index (Phi) is 2.77. The molecule has 0 aliphatic heterocycles. The number of halogens is 1. The summed E-state index contributed by atoms with van der Waals surface area (Å²) in [5.41, 5.74) is 1.03. The molecule has 16 heavy (non-hydrogen) atoms. The first-order valence-corrected chi connectivity index (χ1v) is 6.12. The third-order valence-electron chi connectivity index (χ3n) is 3.16. The lowest BCUT2D eigenvalue weighted by Crippen LogP contribution is -2.45. The highest BCUT2D eigenvalue weighted by Gasteiger charge is 2.50. The molecule has 0 unspecified atom stereocenters. The zero-order valence-electron chi connectivity index (χ0n) is 9.46. The molecule has 0 atom stereocenters. The van der Waals surface area contributed by atoms with E-state index in [1.54, 1.807) is 6.08 Å². The molecule has 0 spiro atoms. The van der Waals surface area contributed by atoms with Gasteiger partial charge in [0, 0.05) is 4.47 Å². The van der Waals surface area contributed by atoms with Gasteiger partial charge in [-0.15, -0.1) is 0 Å². The van der Waals surface area contributed by atoms with Crippen molar-refractivity contribution in [1.29, 1.82) is 0 Å². The van der Waals surface area contributed by atoms with Crippen molar-refractivity contribution < 1.29 is 4.79 Å². The molecule has 0 bridgehead atoms. The van der Waals surface area contributed by atoms with Crippen LogP contribution in [0, 0.1) is 5.41 Å². The first-order valence-electron chi connectivity index (χ1n) is 5.33. The summed E-state index contributed by atoms with van der Waals surface area (Å²) < 4.78 is 1.02. The molecular formula is C13H14BrNO. The van der Waals surface area contributed by atoms with Gasteiger partial charge in [-0.3, -0.25) is 0 Å². The van der Waals surface area contributed by atoms with E-state index in [0.29, 0.717) is 0 Å². The van der Waals surface area contributed by atoms with Crippen molar-refractivity contribution in [3.8, 4) is 0 Å². The van der Waals surface area contributed by atoms with Crippen LogP contribution in [0.2, 0.25) is 0 Å².